The summed E-state index contributed by atoms with van der Waals surface area (Å²) in [5.74, 6) is -1.92. The Morgan fingerprint density at radius 3 is 2.65 bits per heavy atom. The van der Waals surface area contributed by atoms with Crippen LogP contribution in [0.1, 0.15) is 36.0 Å². The van der Waals surface area contributed by atoms with Crippen molar-refractivity contribution < 1.29 is 19.0 Å². The van der Waals surface area contributed by atoms with Gasteiger partial charge in [-0.25, -0.2) is 9.18 Å². The van der Waals surface area contributed by atoms with Crippen LogP contribution in [0, 0.1) is 5.82 Å². The molecule has 17 heavy (non-hydrogen) atoms. The van der Waals surface area contributed by atoms with E-state index in [4.69, 9.17) is 15.6 Å². The van der Waals surface area contributed by atoms with Crippen LogP contribution in [-0.4, -0.2) is 17.2 Å². The number of aromatic carboxylic acids is 1. The van der Waals surface area contributed by atoms with Crippen LogP contribution >= 0.6 is 0 Å². The largest absolute Gasteiger partial charge is 0.488 e. The van der Waals surface area contributed by atoms with Crippen molar-refractivity contribution in [3.05, 3.63) is 23.5 Å². The number of anilines is 1. The second kappa shape index (κ2) is 4.61. The molecule has 1 saturated carbocycles. The Morgan fingerprint density at radius 2 is 2.06 bits per heavy atom. The molecule has 1 aromatic carbocycles. The van der Waals surface area contributed by atoms with Crippen molar-refractivity contribution in [3.63, 3.8) is 0 Å². The Bertz CT molecular complexity index is 442. The standard InChI is InChI=1S/C12H14FNO3/c13-9-6-11(17-7-3-1-2-4-7)10(14)5-8(9)12(15)16/h5-7H,1-4,14H2,(H,15,16). The first-order valence-electron chi connectivity index (χ1n) is 5.57. The fourth-order valence-corrected chi connectivity index (χ4v) is 2.02. The van der Waals surface area contributed by atoms with Gasteiger partial charge in [0.05, 0.1) is 17.4 Å². The quantitative estimate of drug-likeness (QED) is 0.794. The van der Waals surface area contributed by atoms with Gasteiger partial charge in [0.2, 0.25) is 0 Å². The zero-order chi connectivity index (χ0) is 12.4. The molecule has 0 aromatic heterocycles. The number of halogens is 1. The molecule has 3 N–H and O–H groups in total. The second-order valence-corrected chi connectivity index (χ2v) is 4.20. The molecule has 0 spiro atoms. The molecule has 1 fully saturated rings. The highest BCUT2D eigenvalue weighted by Gasteiger charge is 2.20. The molecule has 0 atom stereocenters. The number of carbonyl (C=O) groups is 1. The number of hydrogen-bond donors (Lipinski definition) is 2. The normalized spacial score (nSPS) is 16.1. The first kappa shape index (κ1) is 11.7. The van der Waals surface area contributed by atoms with Gasteiger partial charge in [0.15, 0.2) is 0 Å². The number of nitrogen functional groups attached to an aromatic ring is 1. The van der Waals surface area contributed by atoms with E-state index in [1.54, 1.807) is 0 Å². The monoisotopic (exact) mass is 239 g/mol. The summed E-state index contributed by atoms with van der Waals surface area (Å²) in [7, 11) is 0. The molecule has 0 saturated heterocycles. The van der Waals surface area contributed by atoms with Crippen molar-refractivity contribution in [2.45, 2.75) is 31.8 Å². The van der Waals surface area contributed by atoms with E-state index in [-0.39, 0.29) is 17.5 Å². The lowest BCUT2D eigenvalue weighted by Crippen LogP contribution is -2.13. The van der Waals surface area contributed by atoms with Crippen molar-refractivity contribution in [1.82, 2.24) is 0 Å². The van der Waals surface area contributed by atoms with E-state index in [1.807, 2.05) is 0 Å². The maximum Gasteiger partial charge on any atom is 0.338 e. The van der Waals surface area contributed by atoms with E-state index < -0.39 is 17.3 Å². The van der Waals surface area contributed by atoms with E-state index in [1.165, 1.54) is 0 Å². The summed E-state index contributed by atoms with van der Waals surface area (Å²) < 4.78 is 19.0. The lowest BCUT2D eigenvalue weighted by atomic mass is 10.1. The van der Waals surface area contributed by atoms with Gasteiger partial charge in [-0.3, -0.25) is 0 Å². The summed E-state index contributed by atoms with van der Waals surface area (Å²) in [5.41, 5.74) is 5.38. The van der Waals surface area contributed by atoms with Crippen molar-refractivity contribution in [2.24, 2.45) is 0 Å². The smallest absolute Gasteiger partial charge is 0.338 e. The predicted molar refractivity (Wildman–Crippen MR) is 60.7 cm³/mol. The average molecular weight is 239 g/mol. The van der Waals surface area contributed by atoms with Crippen LogP contribution in [0.15, 0.2) is 12.1 Å². The minimum Gasteiger partial charge on any atom is -0.488 e. The highest BCUT2D eigenvalue weighted by molar-refractivity contribution is 5.89. The van der Waals surface area contributed by atoms with Crippen molar-refractivity contribution >= 4 is 11.7 Å². The number of nitrogens with two attached hydrogens (primary N) is 1. The molecule has 0 heterocycles. The van der Waals surface area contributed by atoms with Gasteiger partial charge in [0, 0.05) is 6.07 Å². The van der Waals surface area contributed by atoms with Crippen LogP contribution in [0.4, 0.5) is 10.1 Å². The first-order valence-corrected chi connectivity index (χ1v) is 5.57. The SMILES string of the molecule is Nc1cc(C(=O)O)c(F)cc1OC1CCCC1. The fourth-order valence-electron chi connectivity index (χ4n) is 2.02. The van der Waals surface area contributed by atoms with Gasteiger partial charge < -0.3 is 15.6 Å². The summed E-state index contributed by atoms with van der Waals surface area (Å²) in [5, 5.41) is 8.73. The third-order valence-corrected chi connectivity index (χ3v) is 2.93. The summed E-state index contributed by atoms with van der Waals surface area (Å²) >= 11 is 0. The number of ether oxygens (including phenoxy) is 1. The molecule has 0 aliphatic heterocycles. The number of rotatable bonds is 3. The van der Waals surface area contributed by atoms with Gasteiger partial charge in [-0.05, 0) is 31.7 Å². The molecule has 92 valence electrons. The maximum absolute atomic E-state index is 13.4. The van der Waals surface area contributed by atoms with E-state index in [9.17, 15) is 9.18 Å². The van der Waals surface area contributed by atoms with Crippen LogP contribution in [0.25, 0.3) is 0 Å². The van der Waals surface area contributed by atoms with Gasteiger partial charge in [-0.2, -0.15) is 0 Å². The molecule has 4 nitrogen and oxygen atoms in total. The maximum atomic E-state index is 13.4. The van der Waals surface area contributed by atoms with Gasteiger partial charge in [0.25, 0.3) is 0 Å². The van der Waals surface area contributed by atoms with E-state index in [0.717, 1.165) is 37.8 Å². The topological polar surface area (TPSA) is 72.6 Å². The zero-order valence-electron chi connectivity index (χ0n) is 9.28. The highest BCUT2D eigenvalue weighted by atomic mass is 19.1. The van der Waals surface area contributed by atoms with Gasteiger partial charge >= 0.3 is 5.97 Å². The minimum absolute atomic E-state index is 0.0624. The molecule has 0 amide bonds. The zero-order valence-corrected chi connectivity index (χ0v) is 9.28. The Hall–Kier alpha value is -1.78. The number of hydrogen-bond acceptors (Lipinski definition) is 3. The highest BCUT2D eigenvalue weighted by Crippen LogP contribution is 2.30. The van der Waals surface area contributed by atoms with Crippen LogP contribution in [-0.2, 0) is 0 Å². The third-order valence-electron chi connectivity index (χ3n) is 2.93. The minimum atomic E-state index is -1.33. The molecule has 0 bridgehead atoms. The lowest BCUT2D eigenvalue weighted by Gasteiger charge is -2.15. The molecule has 1 aromatic rings. The number of carboxylic acid groups (broad SMARTS) is 1. The molecular formula is C12H14FNO3. The molecule has 0 radical (unpaired) electrons. The lowest BCUT2D eigenvalue weighted by molar-refractivity contribution is 0.0692. The van der Waals surface area contributed by atoms with Crippen molar-refractivity contribution in [2.75, 3.05) is 5.73 Å². The van der Waals surface area contributed by atoms with Gasteiger partial charge in [-0.15, -0.1) is 0 Å². The average Bonchev–Trinajstić information content (AvgIpc) is 2.75. The van der Waals surface area contributed by atoms with Crippen LogP contribution in [0.5, 0.6) is 5.75 Å². The van der Waals surface area contributed by atoms with Gasteiger partial charge in [0.1, 0.15) is 11.6 Å². The Balaban J connectivity index is 2.23. The summed E-state index contributed by atoms with van der Waals surface area (Å²) in [6.45, 7) is 0. The molecule has 0 unspecified atom stereocenters. The third kappa shape index (κ3) is 2.49. The Labute approximate surface area is 98.2 Å². The predicted octanol–water partition coefficient (Wildman–Crippen LogP) is 2.43. The summed E-state index contributed by atoms with van der Waals surface area (Å²) in [6.07, 6.45) is 4.12. The van der Waals surface area contributed by atoms with E-state index >= 15 is 0 Å². The number of carboxylic acids is 1. The van der Waals surface area contributed by atoms with Crippen LogP contribution < -0.4 is 10.5 Å². The Kier molecular flexibility index (Phi) is 3.17. The van der Waals surface area contributed by atoms with Crippen LogP contribution in [0.2, 0.25) is 0 Å². The summed E-state index contributed by atoms with van der Waals surface area (Å²) in [6, 6.07) is 2.15. The first-order chi connectivity index (χ1) is 8.08. The van der Waals surface area contributed by atoms with E-state index in [2.05, 4.69) is 0 Å². The van der Waals surface area contributed by atoms with Crippen molar-refractivity contribution in [3.8, 4) is 5.75 Å². The molecule has 5 heteroatoms. The molecule has 1 aliphatic carbocycles. The van der Waals surface area contributed by atoms with Crippen molar-refractivity contribution in [1.29, 1.82) is 0 Å². The van der Waals surface area contributed by atoms with E-state index in [0.29, 0.717) is 0 Å². The second-order valence-electron chi connectivity index (χ2n) is 4.20. The molecule has 1 aliphatic rings. The number of benzene rings is 1. The Morgan fingerprint density at radius 1 is 1.41 bits per heavy atom. The summed E-state index contributed by atoms with van der Waals surface area (Å²) in [4.78, 5) is 10.7. The molecular weight excluding hydrogens is 225 g/mol. The molecule has 2 rings (SSSR count). The fraction of sp³-hybridized carbons (Fsp3) is 0.417. The van der Waals surface area contributed by atoms with Crippen LogP contribution in [0.3, 0.4) is 0 Å². The van der Waals surface area contributed by atoms with Gasteiger partial charge in [-0.1, -0.05) is 0 Å².